The zero-order valence-electron chi connectivity index (χ0n) is 16.9. The third-order valence-electron chi connectivity index (χ3n) is 5.25. The van der Waals surface area contributed by atoms with E-state index in [9.17, 15) is 4.39 Å². The molecule has 0 spiro atoms. The summed E-state index contributed by atoms with van der Waals surface area (Å²) in [6.07, 6.45) is 6.36. The van der Waals surface area contributed by atoms with Gasteiger partial charge in [0, 0.05) is 0 Å². The van der Waals surface area contributed by atoms with E-state index in [0.29, 0.717) is 6.42 Å². The topological polar surface area (TPSA) is 9.23 Å². The third-order valence-corrected chi connectivity index (χ3v) is 5.25. The predicted octanol–water partition coefficient (Wildman–Crippen LogP) is 7.02. The smallest absolute Gasteiger partial charge is 0.127 e. The molecule has 0 unspecified atom stereocenters. The van der Waals surface area contributed by atoms with Gasteiger partial charge in [0.15, 0.2) is 0 Å². The Hall–Kier alpha value is -2.61. The summed E-state index contributed by atoms with van der Waals surface area (Å²) in [5.41, 5.74) is 5.30. The number of aryl methyl sites for hydroxylation is 3. The number of rotatable bonds is 9. The molecule has 0 amide bonds. The second kappa shape index (κ2) is 10.1. The standard InChI is InChI=1S/C26H29FO/c1-3-4-5-6-20-7-12-22(13-8-20)24-16-15-23(26(27)19-24)14-9-21-10-17-25(28-2)18-11-21/h7-8,10-13,15-19H,3-6,9,14H2,1-2H3. The van der Waals surface area contributed by atoms with Crippen LogP contribution in [0.1, 0.15) is 42.9 Å². The van der Waals surface area contributed by atoms with E-state index in [0.717, 1.165) is 35.3 Å². The summed E-state index contributed by atoms with van der Waals surface area (Å²) in [5.74, 6) is 0.716. The van der Waals surface area contributed by atoms with Crippen LogP contribution in [-0.4, -0.2) is 7.11 Å². The monoisotopic (exact) mass is 376 g/mol. The second-order valence-electron chi connectivity index (χ2n) is 7.31. The molecule has 0 heterocycles. The number of hydrogen-bond donors (Lipinski definition) is 0. The van der Waals surface area contributed by atoms with Gasteiger partial charge in [0.1, 0.15) is 11.6 Å². The quantitative estimate of drug-likeness (QED) is 0.365. The minimum atomic E-state index is -0.127. The van der Waals surface area contributed by atoms with Crippen LogP contribution in [0.15, 0.2) is 66.7 Å². The first-order valence-corrected chi connectivity index (χ1v) is 10.2. The van der Waals surface area contributed by atoms with Crippen LogP contribution in [0.2, 0.25) is 0 Å². The molecule has 0 saturated heterocycles. The van der Waals surface area contributed by atoms with Gasteiger partial charge in [-0.3, -0.25) is 0 Å². The first-order valence-electron chi connectivity index (χ1n) is 10.2. The molecular weight excluding hydrogens is 347 g/mol. The summed E-state index contributed by atoms with van der Waals surface area (Å²) < 4.78 is 19.8. The van der Waals surface area contributed by atoms with Crippen molar-refractivity contribution in [3.8, 4) is 16.9 Å². The number of unbranched alkanes of at least 4 members (excludes halogenated alkanes) is 2. The molecule has 3 aromatic rings. The number of methoxy groups -OCH3 is 1. The van der Waals surface area contributed by atoms with Crippen LogP contribution in [-0.2, 0) is 19.3 Å². The molecule has 0 aliphatic carbocycles. The summed E-state index contributed by atoms with van der Waals surface area (Å²) in [4.78, 5) is 0. The first-order chi connectivity index (χ1) is 13.7. The average molecular weight is 377 g/mol. The lowest BCUT2D eigenvalue weighted by Crippen LogP contribution is -1.96. The van der Waals surface area contributed by atoms with Crippen LogP contribution < -0.4 is 4.74 Å². The molecule has 0 atom stereocenters. The van der Waals surface area contributed by atoms with Crippen LogP contribution in [0, 0.1) is 5.82 Å². The zero-order chi connectivity index (χ0) is 19.8. The van der Waals surface area contributed by atoms with Crippen LogP contribution in [0.5, 0.6) is 5.75 Å². The fourth-order valence-corrected chi connectivity index (χ4v) is 3.44. The summed E-state index contributed by atoms with van der Waals surface area (Å²) in [5, 5.41) is 0. The number of benzene rings is 3. The lowest BCUT2D eigenvalue weighted by molar-refractivity contribution is 0.414. The number of ether oxygens (including phenoxy) is 1. The van der Waals surface area contributed by atoms with Gasteiger partial charge < -0.3 is 4.74 Å². The minimum Gasteiger partial charge on any atom is -0.497 e. The van der Waals surface area contributed by atoms with E-state index in [1.54, 1.807) is 13.2 Å². The van der Waals surface area contributed by atoms with Crippen LogP contribution in [0.3, 0.4) is 0 Å². The van der Waals surface area contributed by atoms with E-state index < -0.39 is 0 Å². The van der Waals surface area contributed by atoms with Gasteiger partial charge >= 0.3 is 0 Å². The van der Waals surface area contributed by atoms with Gasteiger partial charge in [-0.15, -0.1) is 0 Å². The van der Waals surface area contributed by atoms with Crippen LogP contribution in [0.25, 0.3) is 11.1 Å². The van der Waals surface area contributed by atoms with E-state index in [1.165, 1.54) is 30.4 Å². The van der Waals surface area contributed by atoms with Crippen molar-refractivity contribution in [2.75, 3.05) is 7.11 Å². The molecule has 0 aromatic heterocycles. The van der Waals surface area contributed by atoms with E-state index in [-0.39, 0.29) is 5.82 Å². The highest BCUT2D eigenvalue weighted by Gasteiger charge is 2.06. The largest absolute Gasteiger partial charge is 0.497 e. The van der Waals surface area contributed by atoms with Gasteiger partial charge in [0.25, 0.3) is 0 Å². The molecule has 28 heavy (non-hydrogen) atoms. The molecule has 0 radical (unpaired) electrons. The summed E-state index contributed by atoms with van der Waals surface area (Å²) >= 11 is 0. The van der Waals surface area contributed by atoms with Crippen LogP contribution in [0.4, 0.5) is 4.39 Å². The molecule has 146 valence electrons. The van der Waals surface area contributed by atoms with Crippen molar-refractivity contribution in [1.29, 1.82) is 0 Å². The predicted molar refractivity (Wildman–Crippen MR) is 115 cm³/mol. The lowest BCUT2D eigenvalue weighted by Gasteiger charge is -2.08. The van der Waals surface area contributed by atoms with Gasteiger partial charge in [-0.25, -0.2) is 4.39 Å². The van der Waals surface area contributed by atoms with Crippen molar-refractivity contribution >= 4 is 0 Å². The normalized spacial score (nSPS) is 10.8. The minimum absolute atomic E-state index is 0.127. The van der Waals surface area contributed by atoms with Crippen molar-refractivity contribution in [2.24, 2.45) is 0 Å². The highest BCUT2D eigenvalue weighted by atomic mass is 19.1. The molecule has 2 heteroatoms. The van der Waals surface area contributed by atoms with Crippen molar-refractivity contribution in [1.82, 2.24) is 0 Å². The Morgan fingerprint density at radius 2 is 1.36 bits per heavy atom. The Balaban J connectivity index is 1.62. The van der Waals surface area contributed by atoms with E-state index in [1.807, 2.05) is 36.4 Å². The van der Waals surface area contributed by atoms with Gasteiger partial charge in [0.05, 0.1) is 7.11 Å². The van der Waals surface area contributed by atoms with Crippen molar-refractivity contribution < 1.29 is 9.13 Å². The fraction of sp³-hybridized carbons (Fsp3) is 0.308. The zero-order valence-corrected chi connectivity index (χ0v) is 16.9. The van der Waals surface area contributed by atoms with Crippen molar-refractivity contribution in [3.05, 3.63) is 89.2 Å². The molecular formula is C26H29FO. The highest BCUT2D eigenvalue weighted by molar-refractivity contribution is 5.64. The molecule has 0 aliphatic heterocycles. The van der Waals surface area contributed by atoms with E-state index in [2.05, 4.69) is 31.2 Å². The van der Waals surface area contributed by atoms with Gasteiger partial charge in [-0.1, -0.05) is 68.3 Å². The maximum atomic E-state index is 14.6. The van der Waals surface area contributed by atoms with Gasteiger partial charge in [-0.2, -0.15) is 0 Å². The van der Waals surface area contributed by atoms with E-state index >= 15 is 0 Å². The van der Waals surface area contributed by atoms with Gasteiger partial charge in [-0.05, 0) is 71.7 Å². The Bertz CT molecular complexity index is 866. The molecule has 0 saturated carbocycles. The van der Waals surface area contributed by atoms with Crippen molar-refractivity contribution in [2.45, 2.75) is 45.4 Å². The Morgan fingerprint density at radius 3 is 2.00 bits per heavy atom. The fourth-order valence-electron chi connectivity index (χ4n) is 3.44. The second-order valence-corrected chi connectivity index (χ2v) is 7.31. The molecule has 3 rings (SSSR count). The molecule has 1 nitrogen and oxygen atoms in total. The summed E-state index contributed by atoms with van der Waals surface area (Å²) in [7, 11) is 1.66. The average Bonchev–Trinajstić information content (AvgIpc) is 2.74. The van der Waals surface area contributed by atoms with E-state index in [4.69, 9.17) is 4.74 Å². The Labute approximate surface area is 168 Å². The molecule has 3 aromatic carbocycles. The SMILES string of the molecule is CCCCCc1ccc(-c2ccc(CCc3ccc(OC)cc3)c(F)c2)cc1. The summed E-state index contributed by atoms with van der Waals surface area (Å²) in [6.45, 7) is 2.22. The number of hydrogen-bond acceptors (Lipinski definition) is 1. The molecule has 0 aliphatic rings. The Kier molecular flexibility index (Phi) is 7.25. The molecule has 0 fully saturated rings. The lowest BCUT2D eigenvalue weighted by atomic mass is 9.98. The maximum Gasteiger partial charge on any atom is 0.127 e. The van der Waals surface area contributed by atoms with Crippen molar-refractivity contribution in [3.63, 3.8) is 0 Å². The number of halogens is 1. The first kappa shape index (κ1) is 20.1. The van der Waals surface area contributed by atoms with Crippen LogP contribution >= 0.6 is 0 Å². The molecule has 0 bridgehead atoms. The summed E-state index contributed by atoms with van der Waals surface area (Å²) in [6, 6.07) is 22.1. The molecule has 0 N–H and O–H groups in total. The highest BCUT2D eigenvalue weighted by Crippen LogP contribution is 2.24. The maximum absolute atomic E-state index is 14.6. The Morgan fingerprint density at radius 1 is 0.714 bits per heavy atom. The third kappa shape index (κ3) is 5.45. The van der Waals surface area contributed by atoms with Gasteiger partial charge in [0.2, 0.25) is 0 Å².